The van der Waals surface area contributed by atoms with Crippen molar-refractivity contribution in [3.05, 3.63) is 46.9 Å². The van der Waals surface area contributed by atoms with Crippen molar-refractivity contribution in [3.63, 3.8) is 0 Å². The normalized spacial score (nSPS) is 19.1. The maximum Gasteiger partial charge on any atom is 0.349 e. The van der Waals surface area contributed by atoms with Crippen LogP contribution in [0.2, 0.25) is 0 Å². The molecule has 0 bridgehead atoms. The Labute approximate surface area is 122 Å². The molecule has 0 aromatic heterocycles. The van der Waals surface area contributed by atoms with Gasteiger partial charge in [0.15, 0.2) is 5.57 Å². The van der Waals surface area contributed by atoms with Crippen LogP contribution in [-0.2, 0) is 19.1 Å². The zero-order chi connectivity index (χ0) is 14.8. The summed E-state index contributed by atoms with van der Waals surface area (Å²) in [7, 11) is 0. The van der Waals surface area contributed by atoms with Crippen molar-refractivity contribution in [2.24, 2.45) is 0 Å². The molecule has 5 heteroatoms. The van der Waals surface area contributed by atoms with Gasteiger partial charge >= 0.3 is 11.9 Å². The summed E-state index contributed by atoms with van der Waals surface area (Å²) in [5.74, 6) is -2.47. The van der Waals surface area contributed by atoms with E-state index in [1.807, 2.05) is 37.3 Å². The summed E-state index contributed by atoms with van der Waals surface area (Å²) < 4.78 is 10.1. The number of thioether (sulfide) groups is 1. The minimum absolute atomic E-state index is 0.0582. The Morgan fingerprint density at radius 2 is 1.65 bits per heavy atom. The Bertz CT molecular complexity index is 526. The molecule has 0 N–H and O–H groups in total. The summed E-state index contributed by atoms with van der Waals surface area (Å²) in [6.07, 6.45) is 0. The predicted molar refractivity (Wildman–Crippen MR) is 76.8 cm³/mol. The SMILES string of the molecule is C[C@@H](SC=C1C(=O)OC(C)(C)OC1=O)c1ccccc1. The van der Waals surface area contributed by atoms with Gasteiger partial charge in [0, 0.05) is 19.1 Å². The van der Waals surface area contributed by atoms with Gasteiger partial charge in [-0.25, -0.2) is 9.59 Å². The Balaban J connectivity index is 2.08. The summed E-state index contributed by atoms with van der Waals surface area (Å²) in [5, 5.41) is 1.64. The molecule has 106 valence electrons. The highest BCUT2D eigenvalue weighted by atomic mass is 32.2. The van der Waals surface area contributed by atoms with E-state index in [4.69, 9.17) is 9.47 Å². The van der Waals surface area contributed by atoms with Crippen LogP contribution in [-0.4, -0.2) is 17.7 Å². The van der Waals surface area contributed by atoms with Gasteiger partial charge in [0.2, 0.25) is 0 Å². The molecule has 1 atom stereocenters. The maximum absolute atomic E-state index is 11.8. The van der Waals surface area contributed by atoms with Crippen molar-refractivity contribution in [1.82, 2.24) is 0 Å². The van der Waals surface area contributed by atoms with Crippen LogP contribution in [0.5, 0.6) is 0 Å². The number of hydrogen-bond acceptors (Lipinski definition) is 5. The molecule has 0 amide bonds. The monoisotopic (exact) mass is 292 g/mol. The van der Waals surface area contributed by atoms with E-state index < -0.39 is 17.7 Å². The van der Waals surface area contributed by atoms with Crippen LogP contribution in [0.1, 0.15) is 31.6 Å². The van der Waals surface area contributed by atoms with Crippen LogP contribution >= 0.6 is 11.8 Å². The van der Waals surface area contributed by atoms with Crippen molar-refractivity contribution in [3.8, 4) is 0 Å². The van der Waals surface area contributed by atoms with Gasteiger partial charge in [-0.15, -0.1) is 11.8 Å². The smallest absolute Gasteiger partial charge is 0.349 e. The highest BCUT2D eigenvalue weighted by Gasteiger charge is 2.38. The minimum atomic E-state index is -1.19. The summed E-state index contributed by atoms with van der Waals surface area (Å²) in [6, 6.07) is 9.83. The molecule has 2 rings (SSSR count). The fraction of sp³-hybridized carbons (Fsp3) is 0.333. The Morgan fingerprint density at radius 1 is 1.10 bits per heavy atom. The zero-order valence-corrected chi connectivity index (χ0v) is 12.4. The average molecular weight is 292 g/mol. The fourth-order valence-electron chi connectivity index (χ4n) is 1.73. The summed E-state index contributed by atoms with van der Waals surface area (Å²) in [4.78, 5) is 23.5. The van der Waals surface area contributed by atoms with Crippen LogP contribution in [0.3, 0.4) is 0 Å². The number of carbonyl (C=O) groups excluding carboxylic acids is 2. The van der Waals surface area contributed by atoms with Gasteiger partial charge in [0.05, 0.1) is 0 Å². The molecule has 4 nitrogen and oxygen atoms in total. The number of ether oxygens (including phenoxy) is 2. The summed E-state index contributed by atoms with van der Waals surface area (Å²) in [5.41, 5.74) is 1.06. The van der Waals surface area contributed by atoms with E-state index in [9.17, 15) is 9.59 Å². The van der Waals surface area contributed by atoms with E-state index in [2.05, 4.69) is 0 Å². The molecule has 1 aliphatic rings. The van der Waals surface area contributed by atoms with Crippen molar-refractivity contribution in [2.75, 3.05) is 0 Å². The molecule has 1 aliphatic heterocycles. The maximum atomic E-state index is 11.8. The van der Waals surface area contributed by atoms with Crippen molar-refractivity contribution >= 4 is 23.7 Å². The van der Waals surface area contributed by atoms with Gasteiger partial charge in [-0.1, -0.05) is 30.3 Å². The van der Waals surface area contributed by atoms with E-state index in [0.29, 0.717) is 0 Å². The Morgan fingerprint density at radius 3 is 2.20 bits per heavy atom. The topological polar surface area (TPSA) is 52.6 Å². The number of hydrogen-bond donors (Lipinski definition) is 0. The third-order valence-electron chi connectivity index (χ3n) is 2.78. The molecule has 1 saturated heterocycles. The zero-order valence-electron chi connectivity index (χ0n) is 11.6. The van der Waals surface area contributed by atoms with E-state index in [1.54, 1.807) is 0 Å². The molecule has 1 heterocycles. The molecule has 0 aliphatic carbocycles. The van der Waals surface area contributed by atoms with E-state index in [0.717, 1.165) is 5.56 Å². The van der Waals surface area contributed by atoms with Gasteiger partial charge in [-0.2, -0.15) is 0 Å². The number of cyclic esters (lactones) is 2. The molecule has 0 spiro atoms. The lowest BCUT2D eigenvalue weighted by atomic mass is 10.2. The first-order valence-electron chi connectivity index (χ1n) is 6.26. The second-order valence-corrected chi connectivity index (χ2v) is 6.11. The predicted octanol–water partition coefficient (Wildman–Crippen LogP) is 3.20. The largest absolute Gasteiger partial charge is 0.419 e. The van der Waals surface area contributed by atoms with Gasteiger partial charge in [0.25, 0.3) is 5.79 Å². The Kier molecular flexibility index (Phi) is 4.18. The first-order chi connectivity index (χ1) is 9.39. The van der Waals surface area contributed by atoms with Gasteiger partial charge in [-0.05, 0) is 17.9 Å². The van der Waals surface area contributed by atoms with Crippen LogP contribution < -0.4 is 0 Å². The molecular formula is C15H16O4S. The number of rotatable bonds is 3. The molecule has 0 saturated carbocycles. The van der Waals surface area contributed by atoms with Crippen molar-refractivity contribution in [1.29, 1.82) is 0 Å². The number of esters is 2. The Hall–Kier alpha value is -1.75. The van der Waals surface area contributed by atoms with Gasteiger partial charge in [0.1, 0.15) is 0 Å². The average Bonchev–Trinajstić information content (AvgIpc) is 2.37. The van der Waals surface area contributed by atoms with Gasteiger partial charge < -0.3 is 9.47 Å². The molecule has 0 radical (unpaired) electrons. The van der Waals surface area contributed by atoms with Crippen molar-refractivity contribution < 1.29 is 19.1 Å². The van der Waals surface area contributed by atoms with E-state index >= 15 is 0 Å². The van der Waals surface area contributed by atoms with Crippen LogP contribution in [0.4, 0.5) is 0 Å². The van der Waals surface area contributed by atoms with Crippen LogP contribution in [0.15, 0.2) is 41.3 Å². The first-order valence-corrected chi connectivity index (χ1v) is 7.20. The second kappa shape index (κ2) is 5.71. The molecule has 1 aromatic rings. The second-order valence-electron chi connectivity index (χ2n) is 4.90. The highest BCUT2D eigenvalue weighted by Crippen LogP contribution is 2.32. The third kappa shape index (κ3) is 3.42. The standard InChI is InChI=1S/C15H16O4S/c1-10(11-7-5-4-6-8-11)20-9-12-13(16)18-15(2,3)19-14(12)17/h4-10H,1-3H3/t10-/m1/s1. The fourth-order valence-corrected chi connectivity index (χ4v) is 2.58. The van der Waals surface area contributed by atoms with Crippen LogP contribution in [0, 0.1) is 0 Å². The van der Waals surface area contributed by atoms with E-state index in [-0.39, 0.29) is 10.8 Å². The quantitative estimate of drug-likeness (QED) is 0.486. The molecule has 20 heavy (non-hydrogen) atoms. The van der Waals surface area contributed by atoms with E-state index in [1.165, 1.54) is 31.0 Å². The summed E-state index contributed by atoms with van der Waals surface area (Å²) >= 11 is 1.38. The highest BCUT2D eigenvalue weighted by molar-refractivity contribution is 8.02. The lowest BCUT2D eigenvalue weighted by molar-refractivity contribution is -0.222. The number of benzene rings is 1. The third-order valence-corrected chi connectivity index (χ3v) is 3.83. The molecule has 0 unspecified atom stereocenters. The summed E-state index contributed by atoms with van der Waals surface area (Å²) in [6.45, 7) is 5.05. The minimum Gasteiger partial charge on any atom is -0.419 e. The van der Waals surface area contributed by atoms with Gasteiger partial charge in [-0.3, -0.25) is 0 Å². The number of carbonyl (C=O) groups is 2. The van der Waals surface area contributed by atoms with Crippen molar-refractivity contribution in [2.45, 2.75) is 31.8 Å². The first kappa shape index (κ1) is 14.7. The van der Waals surface area contributed by atoms with Crippen LogP contribution in [0.25, 0.3) is 0 Å². The molecule has 1 fully saturated rings. The molecule has 1 aromatic carbocycles. The molecular weight excluding hydrogens is 276 g/mol. The lowest BCUT2D eigenvalue weighted by Crippen LogP contribution is -2.41. The lowest BCUT2D eigenvalue weighted by Gasteiger charge is -2.29.